The molecule has 2 aromatic carbocycles. The number of carbonyl (C=O) groups is 1. The van der Waals surface area contributed by atoms with E-state index in [9.17, 15) is 23.3 Å². The smallest absolute Gasteiger partial charge is 0.271 e. The molecule has 0 aliphatic heterocycles. The lowest BCUT2D eigenvalue weighted by Gasteiger charge is -2.30. The Morgan fingerprint density at radius 3 is 2.39 bits per heavy atom. The van der Waals surface area contributed by atoms with Gasteiger partial charge in [-0.1, -0.05) is 42.8 Å². The molecule has 0 aromatic heterocycles. The second kappa shape index (κ2) is 8.83. The fourth-order valence-electron chi connectivity index (χ4n) is 2.82. The molecule has 1 amide bonds. The molecular weight excluding hydrogens is 382 g/mol. The van der Waals surface area contributed by atoms with Crippen LogP contribution in [0.5, 0.6) is 0 Å². The summed E-state index contributed by atoms with van der Waals surface area (Å²) in [5.74, 6) is -0.472. The molecule has 1 N–H and O–H groups in total. The maximum atomic E-state index is 12.7. The molecule has 9 heteroatoms. The Kier molecular flexibility index (Phi) is 6.74. The predicted molar refractivity (Wildman–Crippen MR) is 108 cm³/mol. The van der Waals surface area contributed by atoms with E-state index in [0.717, 1.165) is 27.8 Å². The molecule has 8 nitrogen and oxygen atoms in total. The minimum Gasteiger partial charge on any atom is -0.350 e. The molecular formula is C19H23N3O5S. The Balaban J connectivity index is 2.29. The SMILES string of the molecule is CCC(C(=O)NCc1ccc(C)cc1)N(c1cccc([N+](=O)[O-])c1)S(C)(=O)=O. The number of aryl methyl sites for hydroxylation is 1. The van der Waals surface area contributed by atoms with Gasteiger partial charge in [0.1, 0.15) is 6.04 Å². The van der Waals surface area contributed by atoms with E-state index >= 15 is 0 Å². The quantitative estimate of drug-likeness (QED) is 0.536. The Labute approximate surface area is 164 Å². The molecule has 0 saturated heterocycles. The number of sulfonamides is 1. The first kappa shape index (κ1) is 21.4. The van der Waals surface area contributed by atoms with Crippen LogP contribution in [0.4, 0.5) is 11.4 Å². The molecule has 150 valence electrons. The Bertz CT molecular complexity index is 958. The van der Waals surface area contributed by atoms with Crippen molar-refractivity contribution in [1.82, 2.24) is 5.32 Å². The van der Waals surface area contributed by atoms with Crippen molar-refractivity contribution in [2.45, 2.75) is 32.9 Å². The normalized spacial score (nSPS) is 12.2. The number of non-ortho nitro benzene ring substituents is 1. The number of nitrogens with zero attached hydrogens (tertiary/aromatic N) is 2. The molecule has 0 aliphatic rings. The number of hydrogen-bond donors (Lipinski definition) is 1. The highest BCUT2D eigenvalue weighted by Crippen LogP contribution is 2.26. The molecule has 0 fully saturated rings. The lowest BCUT2D eigenvalue weighted by molar-refractivity contribution is -0.384. The number of anilines is 1. The highest BCUT2D eigenvalue weighted by molar-refractivity contribution is 7.92. The van der Waals surface area contributed by atoms with Crippen molar-refractivity contribution in [1.29, 1.82) is 0 Å². The minimum atomic E-state index is -3.86. The monoisotopic (exact) mass is 405 g/mol. The third kappa shape index (κ3) is 5.29. The van der Waals surface area contributed by atoms with Gasteiger partial charge in [0.25, 0.3) is 5.69 Å². The molecule has 1 unspecified atom stereocenters. The Morgan fingerprint density at radius 1 is 1.21 bits per heavy atom. The summed E-state index contributed by atoms with van der Waals surface area (Å²) in [5, 5.41) is 13.8. The molecule has 28 heavy (non-hydrogen) atoms. The number of nitro groups is 1. The van der Waals surface area contributed by atoms with Crippen molar-refractivity contribution < 1.29 is 18.1 Å². The van der Waals surface area contributed by atoms with E-state index in [2.05, 4.69) is 5.32 Å². The van der Waals surface area contributed by atoms with E-state index in [0.29, 0.717) is 0 Å². The summed E-state index contributed by atoms with van der Waals surface area (Å²) in [6, 6.07) is 11.8. The first-order valence-electron chi connectivity index (χ1n) is 8.70. The van der Waals surface area contributed by atoms with E-state index < -0.39 is 26.9 Å². The van der Waals surface area contributed by atoms with Crippen molar-refractivity contribution in [3.8, 4) is 0 Å². The number of rotatable bonds is 8. The van der Waals surface area contributed by atoms with Crippen LogP contribution in [-0.4, -0.2) is 31.5 Å². The van der Waals surface area contributed by atoms with Gasteiger partial charge in [0.05, 0.1) is 16.9 Å². The fourth-order valence-corrected chi connectivity index (χ4v) is 4.02. The molecule has 0 heterocycles. The van der Waals surface area contributed by atoms with Gasteiger partial charge in [-0.3, -0.25) is 19.2 Å². The summed E-state index contributed by atoms with van der Waals surface area (Å²) < 4.78 is 25.7. The summed E-state index contributed by atoms with van der Waals surface area (Å²) in [5.41, 5.74) is 1.81. The number of carbonyl (C=O) groups excluding carboxylic acids is 1. The van der Waals surface area contributed by atoms with Gasteiger partial charge in [-0.15, -0.1) is 0 Å². The first-order chi connectivity index (χ1) is 13.1. The van der Waals surface area contributed by atoms with Crippen LogP contribution >= 0.6 is 0 Å². The van der Waals surface area contributed by atoms with E-state index in [1.165, 1.54) is 18.2 Å². The van der Waals surface area contributed by atoms with Gasteiger partial charge in [-0.25, -0.2) is 8.42 Å². The van der Waals surface area contributed by atoms with Crippen LogP contribution in [0.2, 0.25) is 0 Å². The Morgan fingerprint density at radius 2 is 1.86 bits per heavy atom. The molecule has 0 bridgehead atoms. The van der Waals surface area contributed by atoms with Gasteiger partial charge < -0.3 is 5.32 Å². The number of benzene rings is 2. The van der Waals surface area contributed by atoms with Crippen molar-refractivity contribution in [3.05, 3.63) is 69.8 Å². The van der Waals surface area contributed by atoms with Crippen molar-refractivity contribution in [2.75, 3.05) is 10.6 Å². The lowest BCUT2D eigenvalue weighted by Crippen LogP contribution is -2.49. The molecule has 0 aliphatic carbocycles. The Hall–Kier alpha value is -2.94. The second-order valence-electron chi connectivity index (χ2n) is 6.46. The van der Waals surface area contributed by atoms with Crippen LogP contribution in [0.1, 0.15) is 24.5 Å². The molecule has 0 radical (unpaired) electrons. The average molecular weight is 405 g/mol. The summed E-state index contributed by atoms with van der Waals surface area (Å²) in [6.07, 6.45) is 1.18. The molecule has 0 saturated carbocycles. The number of nitro benzene ring substituents is 1. The van der Waals surface area contributed by atoms with Crippen LogP contribution in [0, 0.1) is 17.0 Å². The predicted octanol–water partition coefficient (Wildman–Crippen LogP) is 2.76. The van der Waals surface area contributed by atoms with Gasteiger partial charge in [0, 0.05) is 18.7 Å². The molecule has 0 spiro atoms. The maximum Gasteiger partial charge on any atom is 0.271 e. The first-order valence-corrected chi connectivity index (χ1v) is 10.6. The largest absolute Gasteiger partial charge is 0.350 e. The van der Waals surface area contributed by atoms with Gasteiger partial charge >= 0.3 is 0 Å². The van der Waals surface area contributed by atoms with Crippen LogP contribution in [0.3, 0.4) is 0 Å². The van der Waals surface area contributed by atoms with Crippen LogP contribution in [0.25, 0.3) is 0 Å². The van der Waals surface area contributed by atoms with Gasteiger partial charge in [-0.2, -0.15) is 0 Å². The zero-order valence-corrected chi connectivity index (χ0v) is 16.8. The van der Waals surface area contributed by atoms with Gasteiger partial charge in [-0.05, 0) is 25.0 Å². The lowest BCUT2D eigenvalue weighted by atomic mass is 10.1. The van der Waals surface area contributed by atoms with Crippen LogP contribution in [-0.2, 0) is 21.4 Å². The summed E-state index contributed by atoms with van der Waals surface area (Å²) in [7, 11) is -3.86. The number of amides is 1. The molecule has 1 atom stereocenters. The van der Waals surface area contributed by atoms with Crippen molar-refractivity contribution in [3.63, 3.8) is 0 Å². The fraction of sp³-hybridized carbons (Fsp3) is 0.316. The summed E-state index contributed by atoms with van der Waals surface area (Å²) >= 11 is 0. The third-order valence-electron chi connectivity index (χ3n) is 4.21. The summed E-state index contributed by atoms with van der Waals surface area (Å²) in [6.45, 7) is 3.90. The van der Waals surface area contributed by atoms with E-state index in [4.69, 9.17) is 0 Å². The maximum absolute atomic E-state index is 12.7. The standard InChI is InChI=1S/C19H23N3O5S/c1-4-18(19(23)20-13-15-10-8-14(2)9-11-15)21(28(3,26)27)16-6-5-7-17(12-16)22(24)25/h5-12,18H,4,13H2,1-3H3,(H,20,23). The number of nitrogens with one attached hydrogen (secondary N) is 1. The van der Waals surface area contributed by atoms with E-state index in [1.807, 2.05) is 31.2 Å². The minimum absolute atomic E-state index is 0.0778. The van der Waals surface area contributed by atoms with Crippen molar-refractivity contribution in [2.24, 2.45) is 0 Å². The zero-order valence-electron chi connectivity index (χ0n) is 16.0. The van der Waals surface area contributed by atoms with Gasteiger partial charge in [0.15, 0.2) is 0 Å². The molecule has 2 aromatic rings. The second-order valence-corrected chi connectivity index (χ2v) is 8.32. The zero-order chi connectivity index (χ0) is 20.9. The van der Waals surface area contributed by atoms with Crippen molar-refractivity contribution >= 4 is 27.3 Å². The molecule has 2 rings (SSSR count). The number of hydrogen-bond acceptors (Lipinski definition) is 5. The summed E-state index contributed by atoms with van der Waals surface area (Å²) in [4.78, 5) is 23.2. The highest BCUT2D eigenvalue weighted by atomic mass is 32.2. The topological polar surface area (TPSA) is 110 Å². The highest BCUT2D eigenvalue weighted by Gasteiger charge is 2.32. The average Bonchev–Trinajstić information content (AvgIpc) is 2.64. The third-order valence-corrected chi connectivity index (χ3v) is 5.39. The van der Waals surface area contributed by atoms with Crippen LogP contribution in [0.15, 0.2) is 48.5 Å². The van der Waals surface area contributed by atoms with Gasteiger partial charge in [0.2, 0.25) is 15.9 Å². The van der Waals surface area contributed by atoms with E-state index in [-0.39, 0.29) is 24.3 Å². The van der Waals surface area contributed by atoms with E-state index in [1.54, 1.807) is 6.92 Å². The van der Waals surface area contributed by atoms with Crippen LogP contribution < -0.4 is 9.62 Å².